The van der Waals surface area contributed by atoms with Gasteiger partial charge in [0.05, 0.1) is 3.79 Å². The van der Waals surface area contributed by atoms with Crippen LogP contribution in [0.4, 0.5) is 0 Å². The van der Waals surface area contributed by atoms with E-state index in [-0.39, 0.29) is 0 Å². The van der Waals surface area contributed by atoms with Gasteiger partial charge in [-0.2, -0.15) is 0 Å². The Labute approximate surface area is 119 Å². The molecule has 17 heavy (non-hydrogen) atoms. The van der Waals surface area contributed by atoms with Gasteiger partial charge < -0.3 is 5.32 Å². The average molecular weight is 331 g/mol. The van der Waals surface area contributed by atoms with E-state index in [1.54, 1.807) is 11.3 Å². The van der Waals surface area contributed by atoms with E-state index in [9.17, 15) is 0 Å². The predicted octanol–water partition coefficient (Wildman–Crippen LogP) is 4.76. The van der Waals surface area contributed by atoms with Crippen LogP contribution >= 0.6 is 38.9 Å². The molecular formula is C13H13BrClNS. The van der Waals surface area contributed by atoms with Crippen molar-refractivity contribution in [1.82, 2.24) is 5.32 Å². The third kappa shape index (κ3) is 3.81. The largest absolute Gasteiger partial charge is 0.308 e. The van der Waals surface area contributed by atoms with Crippen molar-refractivity contribution in [2.75, 3.05) is 0 Å². The van der Waals surface area contributed by atoms with Crippen LogP contribution in [0.2, 0.25) is 5.02 Å². The highest BCUT2D eigenvalue weighted by molar-refractivity contribution is 9.11. The van der Waals surface area contributed by atoms with E-state index in [1.807, 2.05) is 12.1 Å². The Morgan fingerprint density at radius 1 is 1.24 bits per heavy atom. The topological polar surface area (TPSA) is 12.0 Å². The normalized spacial score (nSPS) is 10.8. The maximum Gasteiger partial charge on any atom is 0.0701 e. The first-order valence-electron chi connectivity index (χ1n) is 5.35. The molecule has 2 rings (SSSR count). The maximum atomic E-state index is 5.93. The summed E-state index contributed by atoms with van der Waals surface area (Å²) in [6, 6.07) is 10.2. The first kappa shape index (κ1) is 13.1. The summed E-state index contributed by atoms with van der Waals surface area (Å²) in [4.78, 5) is 1.34. The lowest BCUT2D eigenvalue weighted by molar-refractivity contribution is 0.698. The lowest BCUT2D eigenvalue weighted by atomic mass is 10.1. The second-order valence-electron chi connectivity index (χ2n) is 3.88. The minimum absolute atomic E-state index is 0.799. The van der Waals surface area contributed by atoms with Gasteiger partial charge in [0.25, 0.3) is 0 Å². The second-order valence-corrected chi connectivity index (χ2v) is 6.86. The summed E-state index contributed by atoms with van der Waals surface area (Å²) in [5.74, 6) is 0. The van der Waals surface area contributed by atoms with Crippen molar-refractivity contribution in [3.05, 3.63) is 55.1 Å². The average Bonchev–Trinajstić information content (AvgIpc) is 2.68. The third-order valence-corrected chi connectivity index (χ3v) is 4.41. The fourth-order valence-electron chi connectivity index (χ4n) is 1.62. The Morgan fingerprint density at radius 3 is 2.71 bits per heavy atom. The minimum Gasteiger partial charge on any atom is -0.308 e. The lowest BCUT2D eigenvalue weighted by Crippen LogP contribution is -2.12. The zero-order valence-electron chi connectivity index (χ0n) is 9.47. The van der Waals surface area contributed by atoms with Gasteiger partial charge >= 0.3 is 0 Å². The molecule has 0 aliphatic carbocycles. The molecule has 4 heteroatoms. The summed E-state index contributed by atoms with van der Waals surface area (Å²) in [7, 11) is 0. The van der Waals surface area contributed by atoms with Crippen LogP contribution in [0, 0.1) is 6.92 Å². The summed E-state index contributed by atoms with van der Waals surface area (Å²) < 4.78 is 1.18. The van der Waals surface area contributed by atoms with Gasteiger partial charge in [0.1, 0.15) is 0 Å². The molecule has 1 nitrogen and oxygen atoms in total. The van der Waals surface area contributed by atoms with E-state index in [0.717, 1.165) is 18.1 Å². The summed E-state index contributed by atoms with van der Waals surface area (Å²) in [5, 5.41) is 4.24. The fourth-order valence-corrected chi connectivity index (χ4v) is 3.30. The Bertz CT molecular complexity index is 510. The summed E-state index contributed by atoms with van der Waals surface area (Å²) in [6.45, 7) is 3.86. The van der Waals surface area contributed by atoms with Crippen molar-refractivity contribution in [2.45, 2.75) is 20.0 Å². The maximum absolute atomic E-state index is 5.93. The van der Waals surface area contributed by atoms with Gasteiger partial charge in [0.15, 0.2) is 0 Å². The fraction of sp³-hybridized carbons (Fsp3) is 0.231. The molecule has 0 saturated carbocycles. The molecule has 0 fully saturated rings. The number of hydrogen-bond acceptors (Lipinski definition) is 2. The van der Waals surface area contributed by atoms with Crippen LogP contribution in [-0.4, -0.2) is 0 Å². The molecule has 0 atom stereocenters. The zero-order valence-corrected chi connectivity index (χ0v) is 12.6. The van der Waals surface area contributed by atoms with Crippen molar-refractivity contribution >= 4 is 38.9 Å². The summed E-state index contributed by atoms with van der Waals surface area (Å²) in [6.07, 6.45) is 0. The highest BCUT2D eigenvalue weighted by Gasteiger charge is 2.00. The van der Waals surface area contributed by atoms with Crippen molar-refractivity contribution in [2.24, 2.45) is 0 Å². The van der Waals surface area contributed by atoms with Gasteiger partial charge in [-0.25, -0.2) is 0 Å². The van der Waals surface area contributed by atoms with Gasteiger partial charge in [0.2, 0.25) is 0 Å². The molecule has 1 aromatic carbocycles. The highest BCUT2D eigenvalue weighted by Crippen LogP contribution is 2.22. The van der Waals surface area contributed by atoms with Crippen LogP contribution in [0.3, 0.4) is 0 Å². The molecule has 0 spiro atoms. The van der Waals surface area contributed by atoms with E-state index < -0.39 is 0 Å². The second kappa shape index (κ2) is 6.01. The molecule has 0 aliphatic heterocycles. The highest BCUT2D eigenvalue weighted by atomic mass is 79.9. The molecule has 0 saturated heterocycles. The number of thiophene rings is 1. The van der Waals surface area contributed by atoms with Gasteiger partial charge in [0, 0.05) is 23.0 Å². The van der Waals surface area contributed by atoms with Gasteiger partial charge in [-0.3, -0.25) is 0 Å². The molecule has 0 unspecified atom stereocenters. The van der Waals surface area contributed by atoms with Crippen molar-refractivity contribution < 1.29 is 0 Å². The molecule has 0 aliphatic rings. The number of hydrogen-bond donors (Lipinski definition) is 1. The number of aryl methyl sites for hydroxylation is 1. The molecule has 0 radical (unpaired) electrons. The Kier molecular flexibility index (Phi) is 4.62. The Hall–Kier alpha value is -0.350. The number of nitrogens with one attached hydrogen (secondary N) is 1. The van der Waals surface area contributed by atoms with Crippen molar-refractivity contribution in [3.63, 3.8) is 0 Å². The van der Waals surface area contributed by atoms with E-state index in [0.29, 0.717) is 0 Å². The lowest BCUT2D eigenvalue weighted by Gasteiger charge is -2.07. The Morgan fingerprint density at radius 2 is 2.06 bits per heavy atom. The smallest absolute Gasteiger partial charge is 0.0701 e. The first-order chi connectivity index (χ1) is 8.15. The molecule has 1 N–H and O–H groups in total. The van der Waals surface area contributed by atoms with Crippen LogP contribution in [0.1, 0.15) is 16.0 Å². The molecule has 1 heterocycles. The molecule has 90 valence electrons. The predicted molar refractivity (Wildman–Crippen MR) is 78.8 cm³/mol. The third-order valence-electron chi connectivity index (χ3n) is 2.55. The number of benzene rings is 1. The van der Waals surface area contributed by atoms with E-state index in [4.69, 9.17) is 11.6 Å². The first-order valence-corrected chi connectivity index (χ1v) is 7.34. The zero-order chi connectivity index (χ0) is 12.3. The van der Waals surface area contributed by atoms with E-state index in [2.05, 4.69) is 46.4 Å². The molecule has 1 aromatic heterocycles. The van der Waals surface area contributed by atoms with Crippen LogP contribution in [-0.2, 0) is 13.1 Å². The van der Waals surface area contributed by atoms with Crippen LogP contribution < -0.4 is 5.32 Å². The monoisotopic (exact) mass is 329 g/mol. The van der Waals surface area contributed by atoms with Crippen LogP contribution in [0.15, 0.2) is 34.1 Å². The van der Waals surface area contributed by atoms with E-state index >= 15 is 0 Å². The number of rotatable bonds is 4. The molecular weight excluding hydrogens is 318 g/mol. The minimum atomic E-state index is 0.799. The van der Waals surface area contributed by atoms with Crippen molar-refractivity contribution in [3.8, 4) is 0 Å². The van der Waals surface area contributed by atoms with Crippen LogP contribution in [0.5, 0.6) is 0 Å². The summed E-state index contributed by atoms with van der Waals surface area (Å²) in [5.41, 5.74) is 2.53. The standard InChI is InChI=1S/C13H13BrClNS/c1-9-6-11(15)3-2-10(9)7-16-8-12-4-5-13(14)17-12/h2-6,16H,7-8H2,1H3. The Balaban J connectivity index is 1.90. The molecule has 0 amide bonds. The van der Waals surface area contributed by atoms with E-state index in [1.165, 1.54) is 19.8 Å². The SMILES string of the molecule is Cc1cc(Cl)ccc1CNCc1ccc(Br)s1. The van der Waals surface area contributed by atoms with Gasteiger partial charge in [-0.15, -0.1) is 11.3 Å². The van der Waals surface area contributed by atoms with Gasteiger partial charge in [-0.1, -0.05) is 17.7 Å². The molecule has 0 bridgehead atoms. The van der Waals surface area contributed by atoms with Gasteiger partial charge in [-0.05, 0) is 58.2 Å². The van der Waals surface area contributed by atoms with Crippen LogP contribution in [0.25, 0.3) is 0 Å². The van der Waals surface area contributed by atoms with Crippen molar-refractivity contribution in [1.29, 1.82) is 0 Å². The number of halogens is 2. The molecule has 2 aromatic rings. The quantitative estimate of drug-likeness (QED) is 0.852. The summed E-state index contributed by atoms with van der Waals surface area (Å²) >= 11 is 11.2.